The molecular formula is C9H15N3O2S. The molecule has 1 aromatic heterocycles. The summed E-state index contributed by atoms with van der Waals surface area (Å²) < 4.78 is 25.9. The third-order valence-electron chi connectivity index (χ3n) is 2.45. The fourth-order valence-corrected chi connectivity index (χ4v) is 3.16. The van der Waals surface area contributed by atoms with E-state index in [2.05, 4.69) is 15.0 Å². The van der Waals surface area contributed by atoms with Crippen molar-refractivity contribution in [3.05, 3.63) is 18.5 Å². The Morgan fingerprint density at radius 1 is 1.53 bits per heavy atom. The lowest BCUT2D eigenvalue weighted by Crippen LogP contribution is -2.32. The van der Waals surface area contributed by atoms with Gasteiger partial charge < -0.3 is 10.3 Å². The highest BCUT2D eigenvalue weighted by atomic mass is 32.2. The van der Waals surface area contributed by atoms with Crippen molar-refractivity contribution in [3.8, 4) is 0 Å². The van der Waals surface area contributed by atoms with Gasteiger partial charge in [0.2, 0.25) is 10.0 Å². The molecule has 0 aromatic carbocycles. The molecule has 5 nitrogen and oxygen atoms in total. The van der Waals surface area contributed by atoms with Crippen molar-refractivity contribution < 1.29 is 8.42 Å². The number of aromatic amines is 1. The first-order valence-corrected chi connectivity index (χ1v) is 6.68. The molecule has 84 valence electrons. The van der Waals surface area contributed by atoms with Gasteiger partial charge in [-0.1, -0.05) is 0 Å². The molecule has 1 saturated heterocycles. The second-order valence-corrected chi connectivity index (χ2v) is 5.54. The summed E-state index contributed by atoms with van der Waals surface area (Å²) in [7, 11) is -3.22. The van der Waals surface area contributed by atoms with E-state index in [-0.39, 0.29) is 11.8 Å². The van der Waals surface area contributed by atoms with Crippen LogP contribution in [-0.2, 0) is 10.0 Å². The van der Waals surface area contributed by atoms with Crippen LogP contribution in [0.2, 0.25) is 0 Å². The van der Waals surface area contributed by atoms with Crippen LogP contribution in [0.15, 0.2) is 18.5 Å². The molecule has 0 saturated carbocycles. The molecule has 0 bridgehead atoms. The normalized spacial score (nSPS) is 21.7. The van der Waals surface area contributed by atoms with Gasteiger partial charge in [-0.3, -0.25) is 4.72 Å². The van der Waals surface area contributed by atoms with Crippen LogP contribution in [0.5, 0.6) is 0 Å². The average Bonchev–Trinajstić information content (AvgIpc) is 2.75. The fourth-order valence-electron chi connectivity index (χ4n) is 1.77. The highest BCUT2D eigenvalue weighted by molar-refractivity contribution is 7.92. The Labute approximate surface area is 89.3 Å². The number of rotatable bonds is 4. The molecule has 0 aliphatic carbocycles. The molecule has 1 atom stereocenters. The molecule has 1 aliphatic heterocycles. The van der Waals surface area contributed by atoms with Gasteiger partial charge in [0, 0.05) is 18.4 Å². The SMILES string of the molecule is O=S(=O)(CC1CCCN1)Nc1cc[nH]c1. The zero-order valence-corrected chi connectivity index (χ0v) is 9.18. The van der Waals surface area contributed by atoms with Gasteiger partial charge in [0.05, 0.1) is 11.4 Å². The third kappa shape index (κ3) is 2.97. The zero-order chi connectivity index (χ0) is 10.7. The van der Waals surface area contributed by atoms with Gasteiger partial charge in [0.25, 0.3) is 0 Å². The van der Waals surface area contributed by atoms with Crippen molar-refractivity contribution in [2.24, 2.45) is 0 Å². The minimum atomic E-state index is -3.22. The second kappa shape index (κ2) is 4.24. The molecule has 2 rings (SSSR count). The molecular weight excluding hydrogens is 214 g/mol. The molecule has 0 radical (unpaired) electrons. The number of aromatic nitrogens is 1. The quantitative estimate of drug-likeness (QED) is 0.704. The summed E-state index contributed by atoms with van der Waals surface area (Å²) >= 11 is 0. The third-order valence-corrected chi connectivity index (χ3v) is 3.84. The van der Waals surface area contributed by atoms with Gasteiger partial charge in [-0.05, 0) is 25.5 Å². The summed E-state index contributed by atoms with van der Waals surface area (Å²) in [4.78, 5) is 2.80. The minimum Gasteiger partial charge on any atom is -0.366 e. The number of hydrogen-bond acceptors (Lipinski definition) is 3. The topological polar surface area (TPSA) is 74.0 Å². The summed E-state index contributed by atoms with van der Waals surface area (Å²) in [6.07, 6.45) is 5.31. The number of H-pyrrole nitrogens is 1. The Kier molecular flexibility index (Phi) is 2.97. The smallest absolute Gasteiger partial charge is 0.234 e. The van der Waals surface area contributed by atoms with Crippen LogP contribution < -0.4 is 10.0 Å². The number of nitrogens with one attached hydrogen (secondary N) is 3. The molecule has 2 heterocycles. The van der Waals surface area contributed by atoms with E-state index in [1.807, 2.05) is 0 Å². The van der Waals surface area contributed by atoms with Gasteiger partial charge in [-0.25, -0.2) is 8.42 Å². The second-order valence-electron chi connectivity index (χ2n) is 3.78. The van der Waals surface area contributed by atoms with E-state index in [1.54, 1.807) is 18.5 Å². The van der Waals surface area contributed by atoms with Gasteiger partial charge in [-0.2, -0.15) is 0 Å². The first-order chi connectivity index (χ1) is 7.16. The molecule has 0 amide bonds. The van der Waals surface area contributed by atoms with Crippen LogP contribution >= 0.6 is 0 Å². The monoisotopic (exact) mass is 229 g/mol. The molecule has 1 aliphatic rings. The van der Waals surface area contributed by atoms with E-state index in [4.69, 9.17) is 0 Å². The van der Waals surface area contributed by atoms with E-state index >= 15 is 0 Å². The van der Waals surface area contributed by atoms with E-state index < -0.39 is 10.0 Å². The summed E-state index contributed by atoms with van der Waals surface area (Å²) in [6, 6.07) is 1.79. The first kappa shape index (κ1) is 10.5. The van der Waals surface area contributed by atoms with Gasteiger partial charge in [0.1, 0.15) is 0 Å². The summed E-state index contributed by atoms with van der Waals surface area (Å²) in [5.41, 5.74) is 0.591. The maximum atomic E-state index is 11.7. The van der Waals surface area contributed by atoms with Crippen molar-refractivity contribution in [3.63, 3.8) is 0 Å². The van der Waals surface area contributed by atoms with E-state index in [1.165, 1.54) is 0 Å². The predicted octanol–water partition coefficient (Wildman–Crippen LogP) is 0.508. The highest BCUT2D eigenvalue weighted by Gasteiger charge is 2.21. The molecule has 1 aromatic rings. The van der Waals surface area contributed by atoms with Crippen molar-refractivity contribution in [2.45, 2.75) is 18.9 Å². The Hall–Kier alpha value is -1.01. The van der Waals surface area contributed by atoms with E-state index in [0.717, 1.165) is 19.4 Å². The van der Waals surface area contributed by atoms with E-state index in [9.17, 15) is 8.42 Å². The van der Waals surface area contributed by atoms with Gasteiger partial charge in [-0.15, -0.1) is 0 Å². The lowest BCUT2D eigenvalue weighted by molar-refractivity contribution is 0.582. The van der Waals surface area contributed by atoms with Crippen molar-refractivity contribution in [1.29, 1.82) is 0 Å². The van der Waals surface area contributed by atoms with Crippen LogP contribution in [-0.4, -0.2) is 31.7 Å². The fraction of sp³-hybridized carbons (Fsp3) is 0.556. The maximum Gasteiger partial charge on any atom is 0.234 e. The standard InChI is InChI=1S/C9H15N3O2S/c13-15(14,7-9-2-1-4-11-9)12-8-3-5-10-6-8/h3,5-6,9-12H,1-2,4,7H2. The average molecular weight is 229 g/mol. The van der Waals surface area contributed by atoms with Crippen LogP contribution in [0.1, 0.15) is 12.8 Å². The zero-order valence-electron chi connectivity index (χ0n) is 8.36. The minimum absolute atomic E-state index is 0.0986. The predicted molar refractivity (Wildman–Crippen MR) is 59.2 cm³/mol. The Balaban J connectivity index is 1.94. The first-order valence-electron chi connectivity index (χ1n) is 5.02. The maximum absolute atomic E-state index is 11.7. The Morgan fingerprint density at radius 2 is 2.40 bits per heavy atom. The highest BCUT2D eigenvalue weighted by Crippen LogP contribution is 2.11. The summed E-state index contributed by atoms with van der Waals surface area (Å²) in [6.45, 7) is 0.921. The van der Waals surface area contributed by atoms with Gasteiger partial charge in [0.15, 0.2) is 0 Å². The Bertz CT molecular complexity index is 393. The van der Waals surface area contributed by atoms with Crippen LogP contribution in [0, 0.1) is 0 Å². The largest absolute Gasteiger partial charge is 0.366 e. The lowest BCUT2D eigenvalue weighted by atomic mass is 10.3. The summed E-state index contributed by atoms with van der Waals surface area (Å²) in [5.74, 6) is 0.151. The molecule has 15 heavy (non-hydrogen) atoms. The summed E-state index contributed by atoms with van der Waals surface area (Å²) in [5, 5.41) is 3.17. The molecule has 1 unspecified atom stereocenters. The number of hydrogen-bond donors (Lipinski definition) is 3. The lowest BCUT2D eigenvalue weighted by Gasteiger charge is -2.11. The van der Waals surface area contributed by atoms with Crippen molar-refractivity contribution >= 4 is 15.7 Å². The van der Waals surface area contributed by atoms with Crippen LogP contribution in [0.3, 0.4) is 0 Å². The van der Waals surface area contributed by atoms with Crippen LogP contribution in [0.4, 0.5) is 5.69 Å². The van der Waals surface area contributed by atoms with Crippen molar-refractivity contribution in [2.75, 3.05) is 17.0 Å². The molecule has 0 spiro atoms. The molecule has 3 N–H and O–H groups in total. The van der Waals surface area contributed by atoms with Gasteiger partial charge >= 0.3 is 0 Å². The molecule has 6 heteroatoms. The van der Waals surface area contributed by atoms with Crippen molar-refractivity contribution in [1.82, 2.24) is 10.3 Å². The van der Waals surface area contributed by atoms with Crippen LogP contribution in [0.25, 0.3) is 0 Å². The molecule has 1 fully saturated rings. The number of anilines is 1. The van der Waals surface area contributed by atoms with E-state index in [0.29, 0.717) is 5.69 Å². The number of sulfonamides is 1. The Morgan fingerprint density at radius 3 is 3.00 bits per heavy atom.